The van der Waals surface area contributed by atoms with E-state index >= 15 is 0 Å². The molecule has 1 heterocycles. The van der Waals surface area contributed by atoms with Crippen LogP contribution in [0.3, 0.4) is 0 Å². The van der Waals surface area contributed by atoms with E-state index in [4.69, 9.17) is 0 Å². The van der Waals surface area contributed by atoms with Crippen LogP contribution in [0.1, 0.15) is 24.5 Å². The molecule has 5 nitrogen and oxygen atoms in total. The van der Waals surface area contributed by atoms with Crippen molar-refractivity contribution < 1.29 is 9.59 Å². The fourth-order valence-corrected chi connectivity index (χ4v) is 2.38. The van der Waals surface area contributed by atoms with E-state index in [0.717, 1.165) is 17.5 Å². The summed E-state index contributed by atoms with van der Waals surface area (Å²) in [6, 6.07) is 13.7. The highest BCUT2D eigenvalue weighted by atomic mass is 16.2. The molecule has 2 amide bonds. The Labute approximate surface area is 142 Å². The van der Waals surface area contributed by atoms with Crippen molar-refractivity contribution >= 4 is 11.8 Å². The molecule has 0 bridgehead atoms. The molecule has 126 valence electrons. The zero-order valence-corrected chi connectivity index (χ0v) is 13.9. The Morgan fingerprint density at radius 2 is 1.83 bits per heavy atom. The molecule has 0 spiro atoms. The van der Waals surface area contributed by atoms with Crippen molar-refractivity contribution in [2.45, 2.75) is 26.3 Å². The highest BCUT2D eigenvalue weighted by Crippen LogP contribution is 2.04. The summed E-state index contributed by atoms with van der Waals surface area (Å²) in [5.74, 6) is -0.0129. The second kappa shape index (κ2) is 9.45. The van der Waals surface area contributed by atoms with Crippen molar-refractivity contribution in [3.63, 3.8) is 0 Å². The van der Waals surface area contributed by atoms with Gasteiger partial charge in [0.2, 0.25) is 11.8 Å². The average Bonchev–Trinajstić information content (AvgIpc) is 2.61. The van der Waals surface area contributed by atoms with Gasteiger partial charge in [0.1, 0.15) is 0 Å². The maximum absolute atomic E-state index is 11.9. The third-order valence-corrected chi connectivity index (χ3v) is 3.73. The van der Waals surface area contributed by atoms with Gasteiger partial charge in [-0.05, 0) is 23.6 Å². The molecule has 1 N–H and O–H groups in total. The highest BCUT2D eigenvalue weighted by Gasteiger charge is 2.10. The summed E-state index contributed by atoms with van der Waals surface area (Å²) in [5, 5.41) is 2.88. The van der Waals surface area contributed by atoms with E-state index in [2.05, 4.69) is 10.3 Å². The predicted octanol–water partition coefficient (Wildman–Crippen LogP) is 2.18. The Bertz CT molecular complexity index is 644. The van der Waals surface area contributed by atoms with Gasteiger partial charge in [-0.3, -0.25) is 14.6 Å². The molecule has 0 saturated carbocycles. The minimum absolute atomic E-state index is 0.00346. The second-order valence-electron chi connectivity index (χ2n) is 5.64. The van der Waals surface area contributed by atoms with Gasteiger partial charge in [0.25, 0.3) is 0 Å². The van der Waals surface area contributed by atoms with Crippen LogP contribution in [0.25, 0.3) is 0 Å². The van der Waals surface area contributed by atoms with E-state index in [1.54, 1.807) is 17.3 Å². The Morgan fingerprint density at radius 1 is 1.08 bits per heavy atom. The Hall–Kier alpha value is -2.69. The first-order valence-corrected chi connectivity index (χ1v) is 8.10. The van der Waals surface area contributed by atoms with Gasteiger partial charge in [0, 0.05) is 45.4 Å². The van der Waals surface area contributed by atoms with E-state index < -0.39 is 0 Å². The van der Waals surface area contributed by atoms with Gasteiger partial charge < -0.3 is 10.2 Å². The van der Waals surface area contributed by atoms with Gasteiger partial charge in [-0.1, -0.05) is 36.4 Å². The van der Waals surface area contributed by atoms with Crippen LogP contribution in [-0.4, -0.2) is 34.8 Å². The molecule has 0 atom stereocenters. The first-order valence-electron chi connectivity index (χ1n) is 8.10. The summed E-state index contributed by atoms with van der Waals surface area (Å²) in [7, 11) is 0. The lowest BCUT2D eigenvalue weighted by Crippen LogP contribution is -2.37. The number of rotatable bonds is 8. The zero-order chi connectivity index (χ0) is 17.2. The molecule has 5 heteroatoms. The van der Waals surface area contributed by atoms with Gasteiger partial charge in [-0.15, -0.1) is 0 Å². The number of benzene rings is 1. The lowest BCUT2D eigenvalue weighted by atomic mass is 10.1. The van der Waals surface area contributed by atoms with Crippen molar-refractivity contribution in [2.24, 2.45) is 0 Å². The van der Waals surface area contributed by atoms with Crippen molar-refractivity contribution in [1.82, 2.24) is 15.2 Å². The number of pyridine rings is 1. The van der Waals surface area contributed by atoms with Gasteiger partial charge in [0.05, 0.1) is 0 Å². The van der Waals surface area contributed by atoms with Crippen molar-refractivity contribution in [3.05, 3.63) is 66.0 Å². The SMILES string of the molecule is CC(=O)N(CCNC(=O)CCc1ccccc1)Cc1cccnc1. The minimum Gasteiger partial charge on any atom is -0.354 e. The summed E-state index contributed by atoms with van der Waals surface area (Å²) in [6.07, 6.45) is 4.62. The quantitative estimate of drug-likeness (QED) is 0.809. The van der Waals surface area contributed by atoms with Gasteiger partial charge in [-0.25, -0.2) is 0 Å². The summed E-state index contributed by atoms with van der Waals surface area (Å²) in [5.41, 5.74) is 2.12. The van der Waals surface area contributed by atoms with Crippen molar-refractivity contribution in [2.75, 3.05) is 13.1 Å². The fourth-order valence-electron chi connectivity index (χ4n) is 2.38. The van der Waals surface area contributed by atoms with Crippen LogP contribution in [0.2, 0.25) is 0 Å². The normalized spacial score (nSPS) is 10.2. The van der Waals surface area contributed by atoms with Crippen LogP contribution >= 0.6 is 0 Å². The molecule has 2 rings (SSSR count). The van der Waals surface area contributed by atoms with Crippen molar-refractivity contribution in [3.8, 4) is 0 Å². The second-order valence-corrected chi connectivity index (χ2v) is 5.64. The lowest BCUT2D eigenvalue weighted by molar-refractivity contribution is -0.130. The number of hydrogen-bond donors (Lipinski definition) is 1. The summed E-state index contributed by atoms with van der Waals surface area (Å²) >= 11 is 0. The van der Waals surface area contributed by atoms with Crippen LogP contribution in [0, 0.1) is 0 Å². The number of nitrogens with one attached hydrogen (secondary N) is 1. The smallest absolute Gasteiger partial charge is 0.220 e. The standard InChI is InChI=1S/C19H23N3O2/c1-16(23)22(15-18-8-5-11-20-14-18)13-12-21-19(24)10-9-17-6-3-2-4-7-17/h2-8,11,14H,9-10,12-13,15H2,1H3,(H,21,24). The topological polar surface area (TPSA) is 62.3 Å². The third-order valence-electron chi connectivity index (χ3n) is 3.73. The monoisotopic (exact) mass is 325 g/mol. The van der Waals surface area contributed by atoms with Crippen molar-refractivity contribution in [1.29, 1.82) is 0 Å². The maximum atomic E-state index is 11.9. The Morgan fingerprint density at radius 3 is 2.50 bits per heavy atom. The maximum Gasteiger partial charge on any atom is 0.220 e. The number of aromatic nitrogens is 1. The van der Waals surface area contributed by atoms with Gasteiger partial charge >= 0.3 is 0 Å². The van der Waals surface area contributed by atoms with E-state index in [1.807, 2.05) is 42.5 Å². The highest BCUT2D eigenvalue weighted by molar-refractivity contribution is 5.76. The third kappa shape index (κ3) is 6.20. The number of carbonyl (C=O) groups excluding carboxylic acids is 2. The molecule has 1 aromatic carbocycles. The fraction of sp³-hybridized carbons (Fsp3) is 0.316. The van der Waals surface area contributed by atoms with Crippen LogP contribution in [-0.2, 0) is 22.6 Å². The molecular formula is C19H23N3O2. The summed E-state index contributed by atoms with van der Waals surface area (Å²) in [6.45, 7) is 2.98. The minimum atomic E-state index is -0.0163. The number of amides is 2. The molecule has 0 radical (unpaired) electrons. The molecule has 24 heavy (non-hydrogen) atoms. The van der Waals surface area contributed by atoms with Gasteiger partial charge in [0.15, 0.2) is 0 Å². The average molecular weight is 325 g/mol. The van der Waals surface area contributed by atoms with E-state index in [-0.39, 0.29) is 11.8 Å². The molecule has 1 aromatic heterocycles. The Balaban J connectivity index is 1.72. The van der Waals surface area contributed by atoms with Crippen LogP contribution < -0.4 is 5.32 Å². The molecule has 0 aliphatic heterocycles. The first kappa shape index (κ1) is 17.7. The number of nitrogens with zero attached hydrogens (tertiary/aromatic N) is 2. The number of hydrogen-bond acceptors (Lipinski definition) is 3. The molecular weight excluding hydrogens is 302 g/mol. The van der Waals surface area contributed by atoms with E-state index in [9.17, 15) is 9.59 Å². The lowest BCUT2D eigenvalue weighted by Gasteiger charge is -2.21. The zero-order valence-electron chi connectivity index (χ0n) is 13.9. The molecule has 2 aromatic rings. The predicted molar refractivity (Wildman–Crippen MR) is 93.1 cm³/mol. The molecule has 0 fully saturated rings. The largest absolute Gasteiger partial charge is 0.354 e. The van der Waals surface area contributed by atoms with Gasteiger partial charge in [-0.2, -0.15) is 0 Å². The molecule has 0 aliphatic carbocycles. The van der Waals surface area contributed by atoms with E-state index in [1.165, 1.54) is 6.92 Å². The molecule has 0 saturated heterocycles. The Kier molecular flexibility index (Phi) is 6.95. The van der Waals surface area contributed by atoms with E-state index in [0.29, 0.717) is 26.1 Å². The number of carbonyl (C=O) groups is 2. The number of aryl methyl sites for hydroxylation is 1. The summed E-state index contributed by atoms with van der Waals surface area (Å²) < 4.78 is 0. The summed E-state index contributed by atoms with van der Waals surface area (Å²) in [4.78, 5) is 29.4. The molecule has 0 aliphatic rings. The van der Waals surface area contributed by atoms with Crippen LogP contribution in [0.15, 0.2) is 54.9 Å². The molecule has 0 unspecified atom stereocenters. The first-order chi connectivity index (χ1) is 11.6. The van der Waals surface area contributed by atoms with Crippen LogP contribution in [0.5, 0.6) is 0 Å². The van der Waals surface area contributed by atoms with Crippen LogP contribution in [0.4, 0.5) is 0 Å².